The van der Waals surface area contributed by atoms with Crippen molar-refractivity contribution >= 4 is 5.91 Å². The molecule has 0 heterocycles. The van der Waals surface area contributed by atoms with Crippen LogP contribution in [-0.4, -0.2) is 30.3 Å². The van der Waals surface area contributed by atoms with Gasteiger partial charge in [-0.2, -0.15) is 13.2 Å². The van der Waals surface area contributed by atoms with Crippen LogP contribution in [-0.2, 0) is 11.0 Å². The van der Waals surface area contributed by atoms with Crippen molar-refractivity contribution in [1.82, 2.24) is 5.32 Å². The van der Waals surface area contributed by atoms with E-state index < -0.39 is 29.8 Å². The lowest BCUT2D eigenvalue weighted by Gasteiger charge is -2.21. The van der Waals surface area contributed by atoms with E-state index in [0.717, 1.165) is 17.7 Å². The molecule has 0 spiro atoms. The first kappa shape index (κ1) is 21.7. The lowest BCUT2D eigenvalue weighted by molar-refractivity contribution is -0.137. The van der Waals surface area contributed by atoms with Crippen molar-refractivity contribution in [3.8, 4) is 5.75 Å². The van der Waals surface area contributed by atoms with E-state index in [1.165, 1.54) is 12.1 Å². The fourth-order valence-electron chi connectivity index (χ4n) is 2.50. The summed E-state index contributed by atoms with van der Waals surface area (Å²) in [5.74, 6) is -0.631. The van der Waals surface area contributed by atoms with Gasteiger partial charge in [0.15, 0.2) is 0 Å². The molecule has 2 rings (SSSR count). The summed E-state index contributed by atoms with van der Waals surface area (Å²) in [6.07, 6.45) is -5.44. The number of rotatable bonds is 8. The minimum atomic E-state index is -4.42. The first-order valence-corrected chi connectivity index (χ1v) is 8.75. The second-order valence-corrected chi connectivity index (χ2v) is 6.46. The molecule has 3 unspecified atom stereocenters. The lowest BCUT2D eigenvalue weighted by atomic mass is 9.94. The molecular weight excluding hydrogens is 373 g/mol. The molecule has 0 aromatic heterocycles. The maximum atomic E-state index is 12.5. The van der Waals surface area contributed by atoms with Gasteiger partial charge in [-0.3, -0.25) is 4.79 Å². The molecule has 0 fully saturated rings. The van der Waals surface area contributed by atoms with Crippen molar-refractivity contribution < 1.29 is 27.8 Å². The van der Waals surface area contributed by atoms with Gasteiger partial charge >= 0.3 is 6.18 Å². The predicted molar refractivity (Wildman–Crippen MR) is 98.5 cm³/mol. The summed E-state index contributed by atoms with van der Waals surface area (Å²) in [6.45, 7) is 1.45. The number of amides is 1. The number of carbonyl (C=O) groups excluding carboxylic acids is 1. The molecule has 0 aliphatic rings. The van der Waals surface area contributed by atoms with E-state index in [-0.39, 0.29) is 24.8 Å². The highest BCUT2D eigenvalue weighted by Gasteiger charge is 2.30. The standard InChI is InChI=1S/C20H23F3N2O3/c1-13(18(24)14-5-3-2-4-6-14)19(27)25-11-16(26)12-28-17-9-7-15(8-10-17)20(21,22)23/h2-10,13,16,18,26H,11-12,24H2,1H3,(H,25,27). The first-order valence-electron chi connectivity index (χ1n) is 8.75. The van der Waals surface area contributed by atoms with Gasteiger partial charge in [0, 0.05) is 12.6 Å². The first-order chi connectivity index (χ1) is 13.2. The Balaban J connectivity index is 1.77. The highest BCUT2D eigenvalue weighted by Crippen LogP contribution is 2.30. The number of alkyl halides is 3. The summed E-state index contributed by atoms with van der Waals surface area (Å²) in [5.41, 5.74) is 6.14. The van der Waals surface area contributed by atoms with E-state index in [1.54, 1.807) is 6.92 Å². The Labute approximate surface area is 161 Å². The number of aliphatic hydroxyl groups excluding tert-OH is 1. The molecule has 8 heteroatoms. The fourth-order valence-corrected chi connectivity index (χ4v) is 2.50. The molecule has 2 aromatic rings. The van der Waals surface area contributed by atoms with Crippen molar-refractivity contribution in [1.29, 1.82) is 0 Å². The van der Waals surface area contributed by atoms with E-state index in [1.807, 2.05) is 30.3 Å². The van der Waals surface area contributed by atoms with Gasteiger partial charge in [0.25, 0.3) is 0 Å². The Morgan fingerprint density at radius 3 is 2.32 bits per heavy atom. The van der Waals surface area contributed by atoms with Crippen LogP contribution in [0.3, 0.4) is 0 Å². The Morgan fingerprint density at radius 2 is 1.75 bits per heavy atom. The number of nitrogens with two attached hydrogens (primary N) is 1. The SMILES string of the molecule is CC(C(=O)NCC(O)COc1ccc(C(F)(F)F)cc1)C(N)c1ccccc1. The molecule has 2 aromatic carbocycles. The molecule has 0 radical (unpaired) electrons. The normalized spacial score (nSPS) is 14.8. The minimum absolute atomic E-state index is 0.0642. The van der Waals surface area contributed by atoms with Crippen LogP contribution in [0.4, 0.5) is 13.2 Å². The Kier molecular flexibility index (Phi) is 7.42. The third kappa shape index (κ3) is 6.24. The molecule has 0 saturated heterocycles. The average molecular weight is 396 g/mol. The van der Waals surface area contributed by atoms with Gasteiger partial charge in [0.2, 0.25) is 5.91 Å². The molecule has 28 heavy (non-hydrogen) atoms. The van der Waals surface area contributed by atoms with Gasteiger partial charge in [-0.15, -0.1) is 0 Å². The monoisotopic (exact) mass is 396 g/mol. The van der Waals surface area contributed by atoms with Crippen LogP contribution < -0.4 is 15.8 Å². The third-order valence-corrected chi connectivity index (χ3v) is 4.27. The van der Waals surface area contributed by atoms with Crippen LogP contribution in [0.25, 0.3) is 0 Å². The van der Waals surface area contributed by atoms with E-state index in [9.17, 15) is 23.1 Å². The zero-order valence-corrected chi connectivity index (χ0v) is 15.3. The van der Waals surface area contributed by atoms with Crippen LogP contribution in [0.2, 0.25) is 0 Å². The average Bonchev–Trinajstić information content (AvgIpc) is 2.69. The zero-order valence-electron chi connectivity index (χ0n) is 15.3. The van der Waals surface area contributed by atoms with Crippen molar-refractivity contribution in [2.45, 2.75) is 25.2 Å². The Bertz CT molecular complexity index is 752. The number of hydrogen-bond donors (Lipinski definition) is 3. The van der Waals surface area contributed by atoms with Gasteiger partial charge in [-0.25, -0.2) is 0 Å². The van der Waals surface area contributed by atoms with Crippen molar-refractivity contribution in [3.63, 3.8) is 0 Å². The predicted octanol–water partition coefficient (Wildman–Crippen LogP) is 2.90. The number of hydrogen-bond acceptors (Lipinski definition) is 4. The molecule has 4 N–H and O–H groups in total. The quantitative estimate of drug-likeness (QED) is 0.641. The van der Waals surface area contributed by atoms with Gasteiger partial charge in [0.05, 0.1) is 11.5 Å². The summed E-state index contributed by atoms with van der Waals surface area (Å²) >= 11 is 0. The summed E-state index contributed by atoms with van der Waals surface area (Å²) in [4.78, 5) is 12.2. The lowest BCUT2D eigenvalue weighted by Crippen LogP contribution is -2.40. The van der Waals surface area contributed by atoms with Crippen LogP contribution >= 0.6 is 0 Å². The maximum Gasteiger partial charge on any atom is 0.416 e. The van der Waals surface area contributed by atoms with Crippen LogP contribution in [0.1, 0.15) is 24.1 Å². The topological polar surface area (TPSA) is 84.6 Å². The molecular formula is C20H23F3N2O3. The third-order valence-electron chi connectivity index (χ3n) is 4.27. The van der Waals surface area contributed by atoms with Crippen molar-refractivity contribution in [2.75, 3.05) is 13.2 Å². The molecule has 0 aliphatic carbocycles. The van der Waals surface area contributed by atoms with Gasteiger partial charge in [-0.1, -0.05) is 37.3 Å². The smallest absolute Gasteiger partial charge is 0.416 e. The zero-order chi connectivity index (χ0) is 20.7. The van der Waals surface area contributed by atoms with Crippen LogP contribution in [0.15, 0.2) is 54.6 Å². The molecule has 1 amide bonds. The highest BCUT2D eigenvalue weighted by atomic mass is 19.4. The largest absolute Gasteiger partial charge is 0.491 e. The summed E-state index contributed by atoms with van der Waals surface area (Å²) in [5, 5.41) is 12.5. The molecule has 0 saturated carbocycles. The minimum Gasteiger partial charge on any atom is -0.491 e. The van der Waals surface area contributed by atoms with Gasteiger partial charge in [-0.05, 0) is 29.8 Å². The number of carbonyl (C=O) groups is 1. The molecule has 0 bridgehead atoms. The second-order valence-electron chi connectivity index (χ2n) is 6.46. The van der Waals surface area contributed by atoms with Gasteiger partial charge < -0.3 is 20.9 Å². The van der Waals surface area contributed by atoms with E-state index in [2.05, 4.69) is 5.32 Å². The summed E-state index contributed by atoms with van der Waals surface area (Å²) in [7, 11) is 0. The van der Waals surface area contributed by atoms with E-state index in [4.69, 9.17) is 10.5 Å². The number of nitrogens with one attached hydrogen (secondary N) is 1. The molecule has 3 atom stereocenters. The van der Waals surface area contributed by atoms with E-state index in [0.29, 0.717) is 0 Å². The van der Waals surface area contributed by atoms with E-state index >= 15 is 0 Å². The summed E-state index contributed by atoms with van der Waals surface area (Å²) in [6, 6.07) is 12.9. The fraction of sp³-hybridized carbons (Fsp3) is 0.350. The maximum absolute atomic E-state index is 12.5. The Morgan fingerprint density at radius 1 is 1.14 bits per heavy atom. The Hall–Kier alpha value is -2.58. The van der Waals surface area contributed by atoms with Crippen molar-refractivity contribution in [3.05, 3.63) is 65.7 Å². The number of halogens is 3. The molecule has 5 nitrogen and oxygen atoms in total. The molecule has 0 aliphatic heterocycles. The molecule has 152 valence electrons. The number of aliphatic hydroxyl groups is 1. The highest BCUT2D eigenvalue weighted by molar-refractivity contribution is 5.79. The number of ether oxygens (including phenoxy) is 1. The van der Waals surface area contributed by atoms with Crippen molar-refractivity contribution in [2.24, 2.45) is 11.7 Å². The summed E-state index contributed by atoms with van der Waals surface area (Å²) < 4.78 is 42.8. The number of benzene rings is 2. The van der Waals surface area contributed by atoms with Crippen LogP contribution in [0, 0.1) is 5.92 Å². The van der Waals surface area contributed by atoms with Gasteiger partial charge in [0.1, 0.15) is 18.5 Å². The van der Waals surface area contributed by atoms with Crippen LogP contribution in [0.5, 0.6) is 5.75 Å². The second kappa shape index (κ2) is 9.57.